The van der Waals surface area contributed by atoms with Crippen LogP contribution in [-0.2, 0) is 20.8 Å². The molecule has 20 heavy (non-hydrogen) atoms. The van der Waals surface area contributed by atoms with Gasteiger partial charge in [-0.05, 0) is 30.5 Å². The Labute approximate surface area is 117 Å². The van der Waals surface area contributed by atoms with Crippen LogP contribution >= 0.6 is 0 Å². The SMILES string of the molecule is O=S(=O)(ON=C1CCc2ccccc21)c1ccccn1. The summed E-state index contributed by atoms with van der Waals surface area (Å²) in [6.45, 7) is 0. The average Bonchev–Trinajstić information content (AvgIpc) is 2.89. The van der Waals surface area contributed by atoms with E-state index < -0.39 is 10.1 Å². The van der Waals surface area contributed by atoms with E-state index in [4.69, 9.17) is 4.28 Å². The van der Waals surface area contributed by atoms with Crippen LogP contribution in [0.5, 0.6) is 0 Å². The molecule has 1 heterocycles. The van der Waals surface area contributed by atoms with Crippen LogP contribution in [0.25, 0.3) is 0 Å². The lowest BCUT2D eigenvalue weighted by atomic mass is 10.1. The molecule has 0 unspecified atom stereocenters. The molecule has 102 valence electrons. The van der Waals surface area contributed by atoms with Crippen molar-refractivity contribution in [3.05, 3.63) is 59.8 Å². The molecule has 0 aliphatic heterocycles. The van der Waals surface area contributed by atoms with Crippen LogP contribution in [-0.4, -0.2) is 19.1 Å². The van der Waals surface area contributed by atoms with Crippen molar-refractivity contribution in [3.8, 4) is 0 Å². The Morgan fingerprint density at radius 1 is 1.05 bits per heavy atom. The van der Waals surface area contributed by atoms with Gasteiger partial charge in [-0.3, -0.25) is 4.28 Å². The molecule has 0 fully saturated rings. The summed E-state index contributed by atoms with van der Waals surface area (Å²) in [6.07, 6.45) is 2.92. The van der Waals surface area contributed by atoms with Crippen LogP contribution in [0.15, 0.2) is 58.8 Å². The van der Waals surface area contributed by atoms with Gasteiger partial charge in [-0.2, -0.15) is 8.42 Å². The van der Waals surface area contributed by atoms with Gasteiger partial charge in [0.2, 0.25) is 0 Å². The number of hydrogen-bond acceptors (Lipinski definition) is 5. The maximum Gasteiger partial charge on any atom is 0.376 e. The van der Waals surface area contributed by atoms with Crippen molar-refractivity contribution in [1.29, 1.82) is 0 Å². The zero-order valence-electron chi connectivity index (χ0n) is 10.6. The lowest BCUT2D eigenvalue weighted by Gasteiger charge is -2.02. The topological polar surface area (TPSA) is 68.6 Å². The highest BCUT2D eigenvalue weighted by atomic mass is 32.2. The lowest BCUT2D eigenvalue weighted by Crippen LogP contribution is -2.06. The third-order valence-corrected chi connectivity index (χ3v) is 4.12. The lowest BCUT2D eigenvalue weighted by molar-refractivity contribution is 0.336. The van der Waals surface area contributed by atoms with E-state index in [9.17, 15) is 8.42 Å². The van der Waals surface area contributed by atoms with Crippen LogP contribution < -0.4 is 0 Å². The number of oxime groups is 1. The Morgan fingerprint density at radius 2 is 1.85 bits per heavy atom. The third kappa shape index (κ3) is 2.42. The van der Waals surface area contributed by atoms with E-state index in [1.807, 2.05) is 24.3 Å². The molecule has 1 aliphatic rings. The minimum absolute atomic E-state index is 0.143. The van der Waals surface area contributed by atoms with Gasteiger partial charge in [0.15, 0.2) is 5.03 Å². The van der Waals surface area contributed by atoms with Crippen molar-refractivity contribution in [2.45, 2.75) is 17.9 Å². The first-order valence-electron chi connectivity index (χ1n) is 6.17. The summed E-state index contributed by atoms with van der Waals surface area (Å²) < 4.78 is 28.6. The molecule has 6 heteroatoms. The first kappa shape index (κ1) is 12.8. The Kier molecular flexibility index (Phi) is 3.23. The molecule has 1 aromatic heterocycles. The van der Waals surface area contributed by atoms with Crippen LogP contribution in [0.3, 0.4) is 0 Å². The van der Waals surface area contributed by atoms with E-state index in [2.05, 4.69) is 10.1 Å². The Hall–Kier alpha value is -2.21. The first-order valence-corrected chi connectivity index (χ1v) is 7.57. The summed E-state index contributed by atoms with van der Waals surface area (Å²) in [7, 11) is -3.95. The van der Waals surface area contributed by atoms with Crippen LogP contribution in [0.1, 0.15) is 17.5 Å². The molecule has 0 saturated heterocycles. The van der Waals surface area contributed by atoms with Crippen molar-refractivity contribution in [1.82, 2.24) is 4.98 Å². The van der Waals surface area contributed by atoms with E-state index in [0.717, 1.165) is 17.5 Å². The molecule has 0 radical (unpaired) electrons. The second kappa shape index (κ2) is 5.05. The van der Waals surface area contributed by atoms with Crippen LogP contribution in [0.4, 0.5) is 0 Å². The molecule has 3 rings (SSSR count). The minimum atomic E-state index is -3.95. The maximum atomic E-state index is 11.9. The fraction of sp³-hybridized carbons (Fsp3) is 0.143. The molecule has 1 aromatic carbocycles. The standard InChI is InChI=1S/C14H12N2O3S/c17-20(18,14-7-3-4-10-15-14)19-16-13-9-8-11-5-1-2-6-12(11)13/h1-7,10H,8-9H2. The number of nitrogens with zero attached hydrogens (tertiary/aromatic N) is 2. The molecule has 0 N–H and O–H groups in total. The van der Waals surface area contributed by atoms with E-state index in [0.29, 0.717) is 12.1 Å². The van der Waals surface area contributed by atoms with Crippen molar-refractivity contribution in [2.24, 2.45) is 5.16 Å². The molecule has 0 amide bonds. The van der Waals surface area contributed by atoms with Gasteiger partial charge < -0.3 is 0 Å². The molecule has 2 aromatic rings. The van der Waals surface area contributed by atoms with Gasteiger partial charge in [0.05, 0.1) is 5.71 Å². The normalized spacial score (nSPS) is 16.1. The number of aromatic nitrogens is 1. The van der Waals surface area contributed by atoms with Gasteiger partial charge in [-0.1, -0.05) is 35.5 Å². The summed E-state index contributed by atoms with van der Waals surface area (Å²) >= 11 is 0. The second-order valence-electron chi connectivity index (χ2n) is 4.39. The second-order valence-corrected chi connectivity index (χ2v) is 5.87. The van der Waals surface area contributed by atoms with Gasteiger partial charge in [0.1, 0.15) is 0 Å². The van der Waals surface area contributed by atoms with Gasteiger partial charge in [-0.25, -0.2) is 4.98 Å². The highest BCUT2D eigenvalue weighted by molar-refractivity contribution is 7.86. The van der Waals surface area contributed by atoms with Crippen molar-refractivity contribution in [2.75, 3.05) is 0 Å². The van der Waals surface area contributed by atoms with Crippen LogP contribution in [0, 0.1) is 0 Å². The maximum absolute atomic E-state index is 11.9. The van der Waals surface area contributed by atoms with Gasteiger partial charge in [0, 0.05) is 11.8 Å². The molecule has 1 aliphatic carbocycles. The number of aryl methyl sites for hydroxylation is 1. The van der Waals surface area contributed by atoms with Crippen molar-refractivity contribution < 1.29 is 12.7 Å². The monoisotopic (exact) mass is 288 g/mol. The smallest absolute Gasteiger partial charge is 0.263 e. The quantitative estimate of drug-likeness (QED) is 0.811. The zero-order valence-corrected chi connectivity index (χ0v) is 11.4. The van der Waals surface area contributed by atoms with E-state index in [-0.39, 0.29) is 5.03 Å². The Balaban J connectivity index is 1.86. The van der Waals surface area contributed by atoms with Gasteiger partial charge in [0.25, 0.3) is 0 Å². The van der Waals surface area contributed by atoms with E-state index in [1.165, 1.54) is 12.3 Å². The summed E-state index contributed by atoms with van der Waals surface area (Å²) in [5, 5.41) is 3.66. The Morgan fingerprint density at radius 3 is 2.65 bits per heavy atom. The predicted octanol–water partition coefficient (Wildman–Crippen LogP) is 2.14. The summed E-state index contributed by atoms with van der Waals surface area (Å²) in [5.41, 5.74) is 2.76. The summed E-state index contributed by atoms with van der Waals surface area (Å²) in [4.78, 5) is 3.76. The van der Waals surface area contributed by atoms with Gasteiger partial charge >= 0.3 is 10.1 Å². The number of hydrogen-bond donors (Lipinski definition) is 0. The van der Waals surface area contributed by atoms with Crippen molar-refractivity contribution >= 4 is 15.8 Å². The molecule has 0 saturated carbocycles. The molecule has 0 bridgehead atoms. The Bertz CT molecular complexity index is 755. The van der Waals surface area contributed by atoms with E-state index >= 15 is 0 Å². The minimum Gasteiger partial charge on any atom is -0.263 e. The first-order chi connectivity index (χ1) is 9.67. The molecular weight excluding hydrogens is 276 g/mol. The number of pyridine rings is 1. The molecule has 0 spiro atoms. The third-order valence-electron chi connectivity index (χ3n) is 3.10. The highest BCUT2D eigenvalue weighted by Crippen LogP contribution is 2.22. The van der Waals surface area contributed by atoms with E-state index in [1.54, 1.807) is 12.1 Å². The van der Waals surface area contributed by atoms with Crippen LogP contribution in [0.2, 0.25) is 0 Å². The molecule has 5 nitrogen and oxygen atoms in total. The average molecular weight is 288 g/mol. The van der Waals surface area contributed by atoms with Gasteiger partial charge in [-0.15, -0.1) is 0 Å². The summed E-state index contributed by atoms with van der Waals surface area (Å²) in [5.74, 6) is 0. The fourth-order valence-corrected chi connectivity index (χ4v) is 2.83. The molecule has 0 atom stereocenters. The fourth-order valence-electron chi connectivity index (χ4n) is 2.13. The number of fused-ring (bicyclic) bond motifs is 1. The predicted molar refractivity (Wildman–Crippen MR) is 73.8 cm³/mol. The highest BCUT2D eigenvalue weighted by Gasteiger charge is 2.21. The summed E-state index contributed by atoms with van der Waals surface area (Å²) in [6, 6.07) is 12.4. The number of rotatable bonds is 3. The van der Waals surface area contributed by atoms with Crippen molar-refractivity contribution in [3.63, 3.8) is 0 Å². The number of benzene rings is 1. The largest absolute Gasteiger partial charge is 0.376 e. The zero-order chi connectivity index (χ0) is 14.0. The molecular formula is C14H12N2O3S.